The summed E-state index contributed by atoms with van der Waals surface area (Å²) in [6.45, 7) is 1.27. The molecule has 1 aliphatic heterocycles. The Morgan fingerprint density at radius 1 is 1.03 bits per heavy atom. The molecule has 1 aliphatic rings. The Bertz CT molecular complexity index is 969. The van der Waals surface area contributed by atoms with Crippen LogP contribution < -0.4 is 14.8 Å². The van der Waals surface area contributed by atoms with E-state index >= 15 is 0 Å². The molecule has 0 radical (unpaired) electrons. The number of hydrogen-bond donors (Lipinski definition) is 1. The summed E-state index contributed by atoms with van der Waals surface area (Å²) in [5, 5.41) is 2.82. The molecule has 0 aliphatic carbocycles. The van der Waals surface area contributed by atoms with Crippen LogP contribution in [0.1, 0.15) is 35.2 Å². The van der Waals surface area contributed by atoms with Crippen molar-refractivity contribution < 1.29 is 22.7 Å². The summed E-state index contributed by atoms with van der Waals surface area (Å²) in [5.74, 6) is 0.774. The van der Waals surface area contributed by atoms with Crippen LogP contribution in [0.4, 0.5) is 0 Å². The van der Waals surface area contributed by atoms with Gasteiger partial charge in [-0.2, -0.15) is 4.31 Å². The minimum absolute atomic E-state index is 0.144. The number of nitrogens with one attached hydrogen (secondary N) is 1. The first-order chi connectivity index (χ1) is 14.0. The van der Waals surface area contributed by atoms with Crippen molar-refractivity contribution in [2.45, 2.75) is 30.7 Å². The summed E-state index contributed by atoms with van der Waals surface area (Å²) in [7, 11) is -0.498. The van der Waals surface area contributed by atoms with Crippen molar-refractivity contribution in [3.8, 4) is 11.5 Å². The molecule has 1 N–H and O–H groups in total. The van der Waals surface area contributed by atoms with Gasteiger partial charge in [-0.15, -0.1) is 0 Å². The summed E-state index contributed by atoms with van der Waals surface area (Å²) >= 11 is 0. The average Bonchev–Trinajstić information content (AvgIpc) is 2.77. The molecule has 8 heteroatoms. The molecule has 0 unspecified atom stereocenters. The lowest BCUT2D eigenvalue weighted by atomic mass is 10.1. The Kier molecular flexibility index (Phi) is 6.76. The molecule has 0 atom stereocenters. The van der Waals surface area contributed by atoms with E-state index < -0.39 is 10.0 Å². The lowest BCUT2D eigenvalue weighted by molar-refractivity contribution is 0.0950. The number of benzene rings is 2. The van der Waals surface area contributed by atoms with Crippen molar-refractivity contribution in [3.05, 3.63) is 53.6 Å². The van der Waals surface area contributed by atoms with Crippen molar-refractivity contribution in [2.75, 3.05) is 27.3 Å². The largest absolute Gasteiger partial charge is 0.493 e. The molecule has 0 spiro atoms. The SMILES string of the molecule is COc1cccc(CNC(=O)c2cccc(S(=O)(=O)N3CCCCC3)c2)c1OC. The van der Waals surface area contributed by atoms with E-state index in [1.807, 2.05) is 12.1 Å². The quantitative estimate of drug-likeness (QED) is 0.747. The fourth-order valence-electron chi connectivity index (χ4n) is 3.42. The van der Waals surface area contributed by atoms with E-state index in [0.717, 1.165) is 24.8 Å². The maximum atomic E-state index is 12.9. The van der Waals surface area contributed by atoms with Gasteiger partial charge in [-0.1, -0.05) is 24.6 Å². The zero-order valence-corrected chi connectivity index (χ0v) is 17.5. The van der Waals surface area contributed by atoms with Crippen molar-refractivity contribution in [1.82, 2.24) is 9.62 Å². The maximum absolute atomic E-state index is 12.9. The fraction of sp³-hybridized carbons (Fsp3) is 0.381. The molecular weight excluding hydrogens is 392 g/mol. The zero-order valence-electron chi connectivity index (χ0n) is 16.7. The third-order valence-electron chi connectivity index (χ3n) is 4.97. The van der Waals surface area contributed by atoms with Gasteiger partial charge in [0.25, 0.3) is 5.91 Å². The first kappa shape index (κ1) is 21.1. The van der Waals surface area contributed by atoms with E-state index in [9.17, 15) is 13.2 Å². The first-order valence-electron chi connectivity index (χ1n) is 9.55. The third kappa shape index (κ3) is 4.71. The molecule has 1 fully saturated rings. The predicted octanol–water partition coefficient (Wildman–Crippen LogP) is 2.81. The predicted molar refractivity (Wildman–Crippen MR) is 110 cm³/mol. The van der Waals surface area contributed by atoms with Crippen molar-refractivity contribution >= 4 is 15.9 Å². The van der Waals surface area contributed by atoms with E-state index in [-0.39, 0.29) is 17.3 Å². The monoisotopic (exact) mass is 418 g/mol. The number of methoxy groups -OCH3 is 2. The molecule has 7 nitrogen and oxygen atoms in total. The van der Waals surface area contributed by atoms with E-state index in [0.29, 0.717) is 30.2 Å². The van der Waals surface area contributed by atoms with Gasteiger partial charge in [0.1, 0.15) is 0 Å². The van der Waals surface area contributed by atoms with E-state index in [4.69, 9.17) is 9.47 Å². The van der Waals surface area contributed by atoms with Crippen molar-refractivity contribution in [2.24, 2.45) is 0 Å². The highest BCUT2D eigenvalue weighted by Crippen LogP contribution is 2.30. The number of rotatable bonds is 7. The third-order valence-corrected chi connectivity index (χ3v) is 6.87. The fourth-order valence-corrected chi connectivity index (χ4v) is 4.99. The molecule has 2 aromatic carbocycles. The van der Waals surface area contributed by atoms with E-state index in [1.54, 1.807) is 25.3 Å². The number of amides is 1. The summed E-state index contributed by atoms with van der Waals surface area (Å²) in [5.41, 5.74) is 1.06. The van der Waals surface area contributed by atoms with Crippen LogP contribution in [0.3, 0.4) is 0 Å². The topological polar surface area (TPSA) is 84.9 Å². The molecule has 2 aromatic rings. The first-order valence-corrected chi connectivity index (χ1v) is 11.0. The van der Waals surface area contributed by atoms with Crippen LogP contribution in [-0.4, -0.2) is 45.9 Å². The Balaban J connectivity index is 1.75. The van der Waals surface area contributed by atoms with Gasteiger partial charge in [0.15, 0.2) is 11.5 Å². The summed E-state index contributed by atoms with van der Waals surface area (Å²) in [6, 6.07) is 11.6. The van der Waals surface area contributed by atoms with Crippen LogP contribution in [0.2, 0.25) is 0 Å². The van der Waals surface area contributed by atoms with Gasteiger partial charge < -0.3 is 14.8 Å². The molecule has 0 saturated carbocycles. The van der Waals surface area contributed by atoms with Crippen LogP contribution in [0.15, 0.2) is 47.4 Å². The number of piperidine rings is 1. The number of nitrogens with zero attached hydrogens (tertiary/aromatic N) is 1. The van der Waals surface area contributed by atoms with E-state index in [1.165, 1.54) is 23.5 Å². The second kappa shape index (κ2) is 9.28. The standard InChI is InChI=1S/C21H26N2O5S/c1-27-19-11-7-9-17(20(19)28-2)15-22-21(24)16-8-6-10-18(14-16)29(25,26)23-12-4-3-5-13-23/h6-11,14H,3-5,12-13,15H2,1-2H3,(H,22,24). The Morgan fingerprint density at radius 3 is 2.45 bits per heavy atom. The van der Waals surface area contributed by atoms with Gasteiger partial charge in [0, 0.05) is 30.8 Å². The zero-order chi connectivity index (χ0) is 20.9. The minimum Gasteiger partial charge on any atom is -0.493 e. The summed E-state index contributed by atoms with van der Waals surface area (Å²) in [6.07, 6.45) is 2.77. The summed E-state index contributed by atoms with van der Waals surface area (Å²) < 4.78 is 37.9. The highest BCUT2D eigenvalue weighted by molar-refractivity contribution is 7.89. The molecule has 29 heavy (non-hydrogen) atoms. The number of carbonyl (C=O) groups is 1. The Morgan fingerprint density at radius 2 is 1.76 bits per heavy atom. The van der Waals surface area contributed by atoms with Crippen LogP contribution in [0.5, 0.6) is 11.5 Å². The Labute approximate surface area is 171 Å². The van der Waals surface area contributed by atoms with Gasteiger partial charge in [0.05, 0.1) is 19.1 Å². The average molecular weight is 419 g/mol. The van der Waals surface area contributed by atoms with Gasteiger partial charge in [-0.25, -0.2) is 8.42 Å². The summed E-state index contributed by atoms with van der Waals surface area (Å²) in [4.78, 5) is 12.8. The van der Waals surface area contributed by atoms with Crippen molar-refractivity contribution in [3.63, 3.8) is 0 Å². The number of carbonyl (C=O) groups excluding carboxylic acids is 1. The molecule has 1 amide bonds. The second-order valence-corrected chi connectivity index (χ2v) is 8.77. The van der Waals surface area contributed by atoms with Crippen LogP contribution in [-0.2, 0) is 16.6 Å². The number of hydrogen-bond acceptors (Lipinski definition) is 5. The molecule has 3 rings (SSSR count). The molecule has 0 bridgehead atoms. The van der Waals surface area contributed by atoms with Gasteiger partial charge in [0.2, 0.25) is 10.0 Å². The van der Waals surface area contributed by atoms with Crippen LogP contribution >= 0.6 is 0 Å². The lowest BCUT2D eigenvalue weighted by Crippen LogP contribution is -2.35. The molecular formula is C21H26N2O5S. The van der Waals surface area contributed by atoms with Gasteiger partial charge in [-0.05, 0) is 37.1 Å². The highest BCUT2D eigenvalue weighted by atomic mass is 32.2. The van der Waals surface area contributed by atoms with E-state index in [2.05, 4.69) is 5.32 Å². The second-order valence-electron chi connectivity index (χ2n) is 6.83. The molecule has 0 aromatic heterocycles. The minimum atomic E-state index is -3.59. The normalized spacial score (nSPS) is 15.0. The number of sulfonamides is 1. The van der Waals surface area contributed by atoms with Gasteiger partial charge in [-0.3, -0.25) is 4.79 Å². The maximum Gasteiger partial charge on any atom is 0.251 e. The molecule has 1 saturated heterocycles. The van der Waals surface area contributed by atoms with Crippen molar-refractivity contribution in [1.29, 1.82) is 0 Å². The molecule has 1 heterocycles. The van der Waals surface area contributed by atoms with Crippen LogP contribution in [0.25, 0.3) is 0 Å². The molecule has 156 valence electrons. The lowest BCUT2D eigenvalue weighted by Gasteiger charge is -2.26. The van der Waals surface area contributed by atoms with Crippen LogP contribution in [0, 0.1) is 0 Å². The highest BCUT2D eigenvalue weighted by Gasteiger charge is 2.26. The van der Waals surface area contributed by atoms with Gasteiger partial charge >= 0.3 is 0 Å². The smallest absolute Gasteiger partial charge is 0.251 e. The number of para-hydroxylation sites is 1. The number of ether oxygens (including phenoxy) is 2. The Hall–Kier alpha value is -2.58.